The van der Waals surface area contributed by atoms with Crippen LogP contribution in [0.3, 0.4) is 0 Å². The van der Waals surface area contributed by atoms with E-state index in [1.165, 1.54) is 6.07 Å². The molecule has 98 valence electrons. The van der Waals surface area contributed by atoms with Crippen LogP contribution in [0.25, 0.3) is 22.4 Å². The number of fused-ring (bicyclic) bond motifs is 1. The molecule has 0 aliphatic carbocycles. The van der Waals surface area contributed by atoms with E-state index in [0.29, 0.717) is 16.9 Å². The summed E-state index contributed by atoms with van der Waals surface area (Å²) in [6, 6.07) is 8.65. The molecule has 1 aromatic carbocycles. The van der Waals surface area contributed by atoms with Gasteiger partial charge in [-0.3, -0.25) is 0 Å². The Kier molecular flexibility index (Phi) is 2.45. The van der Waals surface area contributed by atoms with Gasteiger partial charge in [0.1, 0.15) is 5.76 Å². The lowest BCUT2D eigenvalue weighted by atomic mass is 10.1. The summed E-state index contributed by atoms with van der Waals surface area (Å²) < 4.78 is 45.4. The SMILES string of the molecule is Cn1ccc2oc(-c3cccc(C(F)(F)F)c3)cc21. The van der Waals surface area contributed by atoms with Gasteiger partial charge in [0.25, 0.3) is 0 Å². The zero-order chi connectivity index (χ0) is 13.6. The van der Waals surface area contributed by atoms with E-state index in [1.807, 2.05) is 17.8 Å². The summed E-state index contributed by atoms with van der Waals surface area (Å²) in [4.78, 5) is 0. The maximum absolute atomic E-state index is 12.7. The number of aromatic nitrogens is 1. The van der Waals surface area contributed by atoms with Crippen LogP contribution in [0, 0.1) is 0 Å². The molecule has 0 unspecified atom stereocenters. The first-order valence-corrected chi connectivity index (χ1v) is 5.67. The van der Waals surface area contributed by atoms with Crippen molar-refractivity contribution in [2.45, 2.75) is 6.18 Å². The fraction of sp³-hybridized carbons (Fsp3) is 0.143. The van der Waals surface area contributed by atoms with Crippen molar-refractivity contribution in [2.24, 2.45) is 7.05 Å². The molecule has 0 atom stereocenters. The van der Waals surface area contributed by atoms with E-state index in [-0.39, 0.29) is 0 Å². The lowest BCUT2D eigenvalue weighted by Crippen LogP contribution is -2.04. The van der Waals surface area contributed by atoms with Crippen LogP contribution in [0.5, 0.6) is 0 Å². The topological polar surface area (TPSA) is 18.1 Å². The molecule has 19 heavy (non-hydrogen) atoms. The first-order valence-electron chi connectivity index (χ1n) is 5.67. The van der Waals surface area contributed by atoms with Crippen molar-refractivity contribution in [1.29, 1.82) is 0 Å². The molecule has 2 nitrogen and oxygen atoms in total. The van der Waals surface area contributed by atoms with Gasteiger partial charge in [0.2, 0.25) is 0 Å². The van der Waals surface area contributed by atoms with Gasteiger partial charge < -0.3 is 8.98 Å². The summed E-state index contributed by atoms with van der Waals surface area (Å²) in [6.07, 6.45) is -2.51. The van der Waals surface area contributed by atoms with E-state index in [4.69, 9.17) is 4.42 Å². The van der Waals surface area contributed by atoms with E-state index in [0.717, 1.165) is 17.6 Å². The Labute approximate surface area is 107 Å². The highest BCUT2D eigenvalue weighted by atomic mass is 19.4. The molecule has 0 spiro atoms. The number of hydrogen-bond donors (Lipinski definition) is 0. The third-order valence-corrected chi connectivity index (χ3v) is 3.04. The van der Waals surface area contributed by atoms with Crippen molar-refractivity contribution in [3.8, 4) is 11.3 Å². The van der Waals surface area contributed by atoms with Gasteiger partial charge in [-0.15, -0.1) is 0 Å². The molecule has 0 aliphatic rings. The zero-order valence-electron chi connectivity index (χ0n) is 10.0. The van der Waals surface area contributed by atoms with Gasteiger partial charge in [0.15, 0.2) is 5.58 Å². The maximum atomic E-state index is 12.7. The van der Waals surface area contributed by atoms with Crippen LogP contribution in [-0.2, 0) is 13.2 Å². The summed E-state index contributed by atoms with van der Waals surface area (Å²) in [5, 5.41) is 0. The predicted octanol–water partition coefficient (Wildman–Crippen LogP) is 4.46. The van der Waals surface area contributed by atoms with E-state index in [1.54, 1.807) is 18.2 Å². The van der Waals surface area contributed by atoms with Gasteiger partial charge in [-0.2, -0.15) is 13.2 Å². The first-order chi connectivity index (χ1) is 8.95. The molecule has 0 fully saturated rings. The zero-order valence-corrected chi connectivity index (χ0v) is 10.0. The van der Waals surface area contributed by atoms with Crippen LogP contribution in [0.1, 0.15) is 5.56 Å². The van der Waals surface area contributed by atoms with Gasteiger partial charge in [0, 0.05) is 24.9 Å². The molecule has 2 heterocycles. The van der Waals surface area contributed by atoms with E-state index in [2.05, 4.69) is 0 Å². The number of benzene rings is 1. The summed E-state index contributed by atoms with van der Waals surface area (Å²) >= 11 is 0. The summed E-state index contributed by atoms with van der Waals surface area (Å²) in [6.45, 7) is 0. The van der Waals surface area contributed by atoms with Crippen molar-refractivity contribution >= 4 is 11.1 Å². The van der Waals surface area contributed by atoms with Crippen LogP contribution < -0.4 is 0 Å². The lowest BCUT2D eigenvalue weighted by molar-refractivity contribution is -0.137. The molecule has 0 saturated carbocycles. The first kappa shape index (κ1) is 11.9. The third-order valence-electron chi connectivity index (χ3n) is 3.04. The number of furan rings is 1. The number of rotatable bonds is 1. The minimum Gasteiger partial charge on any atom is -0.454 e. The Hall–Kier alpha value is -2.17. The van der Waals surface area contributed by atoms with Crippen molar-refractivity contribution < 1.29 is 17.6 Å². The largest absolute Gasteiger partial charge is 0.454 e. The molecule has 3 aromatic rings. The van der Waals surface area contributed by atoms with Crippen LogP contribution in [0.2, 0.25) is 0 Å². The molecular weight excluding hydrogens is 255 g/mol. The van der Waals surface area contributed by atoms with E-state index in [9.17, 15) is 13.2 Å². The average molecular weight is 265 g/mol. The van der Waals surface area contributed by atoms with Crippen LogP contribution >= 0.6 is 0 Å². The van der Waals surface area contributed by atoms with Gasteiger partial charge in [0.05, 0.1) is 11.1 Å². The molecule has 0 aliphatic heterocycles. The molecule has 2 aromatic heterocycles. The van der Waals surface area contributed by atoms with Gasteiger partial charge >= 0.3 is 6.18 Å². The minimum absolute atomic E-state index is 0.422. The second-order valence-electron chi connectivity index (χ2n) is 4.37. The summed E-state index contributed by atoms with van der Waals surface area (Å²) in [5.74, 6) is 0.437. The van der Waals surface area contributed by atoms with Gasteiger partial charge in [-0.25, -0.2) is 0 Å². The molecule has 0 bridgehead atoms. The number of hydrogen-bond acceptors (Lipinski definition) is 1. The number of alkyl halides is 3. The fourth-order valence-corrected chi connectivity index (χ4v) is 2.04. The van der Waals surface area contributed by atoms with Gasteiger partial charge in [-0.05, 0) is 18.2 Å². The molecule has 5 heteroatoms. The Morgan fingerprint density at radius 1 is 1.11 bits per heavy atom. The molecule has 0 saturated heterocycles. The van der Waals surface area contributed by atoms with Crippen LogP contribution in [0.4, 0.5) is 13.2 Å². The number of halogens is 3. The van der Waals surface area contributed by atoms with E-state index < -0.39 is 11.7 Å². The van der Waals surface area contributed by atoms with Crippen LogP contribution in [0.15, 0.2) is 47.0 Å². The Bertz CT molecular complexity index is 737. The standard InChI is InChI=1S/C14H10F3NO/c1-18-6-5-12-11(18)8-13(19-12)9-3-2-4-10(7-9)14(15,16)17/h2-8H,1H3. The van der Waals surface area contributed by atoms with E-state index >= 15 is 0 Å². The summed E-state index contributed by atoms with van der Waals surface area (Å²) in [5.41, 5.74) is 1.26. The third kappa shape index (κ3) is 2.01. The summed E-state index contributed by atoms with van der Waals surface area (Å²) in [7, 11) is 1.85. The highest BCUT2D eigenvalue weighted by Crippen LogP contribution is 2.34. The Morgan fingerprint density at radius 2 is 1.89 bits per heavy atom. The average Bonchev–Trinajstić information content (AvgIpc) is 2.91. The quantitative estimate of drug-likeness (QED) is 0.635. The van der Waals surface area contributed by atoms with Crippen LogP contribution in [-0.4, -0.2) is 4.57 Å². The second kappa shape index (κ2) is 3.91. The smallest absolute Gasteiger partial charge is 0.416 e. The molecule has 0 amide bonds. The number of nitrogens with zero attached hydrogens (tertiary/aromatic N) is 1. The second-order valence-corrected chi connectivity index (χ2v) is 4.37. The van der Waals surface area contributed by atoms with Crippen molar-refractivity contribution in [1.82, 2.24) is 4.57 Å². The van der Waals surface area contributed by atoms with Crippen molar-refractivity contribution in [2.75, 3.05) is 0 Å². The van der Waals surface area contributed by atoms with Gasteiger partial charge in [-0.1, -0.05) is 12.1 Å². The monoisotopic (exact) mass is 265 g/mol. The Balaban J connectivity index is 2.11. The highest BCUT2D eigenvalue weighted by molar-refractivity contribution is 5.80. The maximum Gasteiger partial charge on any atom is 0.416 e. The van der Waals surface area contributed by atoms with Crippen molar-refractivity contribution in [3.05, 3.63) is 48.2 Å². The predicted molar refractivity (Wildman–Crippen MR) is 65.6 cm³/mol. The Morgan fingerprint density at radius 3 is 2.58 bits per heavy atom. The fourth-order valence-electron chi connectivity index (χ4n) is 2.04. The van der Waals surface area contributed by atoms with Crippen molar-refractivity contribution in [3.63, 3.8) is 0 Å². The molecule has 0 radical (unpaired) electrons. The minimum atomic E-state index is -4.35. The normalized spacial score (nSPS) is 12.2. The lowest BCUT2D eigenvalue weighted by Gasteiger charge is -2.07. The molecule has 0 N–H and O–H groups in total. The highest BCUT2D eigenvalue weighted by Gasteiger charge is 2.30. The molecule has 3 rings (SSSR count). The number of aryl methyl sites for hydroxylation is 1. The molecular formula is C14H10F3NO.